The van der Waals surface area contributed by atoms with E-state index in [1.54, 1.807) is 0 Å². The van der Waals surface area contributed by atoms with Crippen molar-refractivity contribution in [2.75, 3.05) is 0 Å². The molecule has 10 rings (SSSR count). The molecule has 0 radical (unpaired) electrons. The van der Waals surface area contributed by atoms with Crippen LogP contribution in [0.15, 0.2) is 176 Å². The van der Waals surface area contributed by atoms with Gasteiger partial charge in [0, 0.05) is 34.6 Å². The van der Waals surface area contributed by atoms with E-state index in [0.717, 1.165) is 56.8 Å². The number of fused-ring (bicyclic) bond motifs is 2. The lowest BCUT2D eigenvalue weighted by Gasteiger charge is -2.11. The van der Waals surface area contributed by atoms with E-state index in [9.17, 15) is 0 Å². The van der Waals surface area contributed by atoms with E-state index in [1.165, 1.54) is 51.4 Å². The quantitative estimate of drug-likeness (QED) is 0.149. The number of rotatable bonds is 9. The van der Waals surface area contributed by atoms with Crippen molar-refractivity contribution in [3.63, 3.8) is 0 Å². The molecule has 0 N–H and O–H groups in total. The smallest absolute Gasteiger partial charge is 0.164 e. The Morgan fingerprint density at radius 1 is 0.393 bits per heavy atom. The highest BCUT2D eigenvalue weighted by Gasteiger charge is 2.34. The molecule has 2 atom stereocenters. The van der Waals surface area contributed by atoms with Crippen LogP contribution in [0.5, 0.6) is 0 Å². The third kappa shape index (κ3) is 6.86. The lowest BCUT2D eigenvalue weighted by Crippen LogP contribution is -2.00. The summed E-state index contributed by atoms with van der Waals surface area (Å²) in [6, 6.07) is 58.1. The van der Waals surface area contributed by atoms with Crippen molar-refractivity contribution in [3.8, 4) is 67.5 Å². The molecule has 268 valence electrons. The van der Waals surface area contributed by atoms with Crippen LogP contribution in [-0.2, 0) is 6.42 Å². The molecule has 0 spiro atoms. The average molecular weight is 721 g/mol. The fraction of sp³-hybridized carbons (Fsp3) is 0.115. The number of benzene rings is 7. The van der Waals surface area contributed by atoms with Crippen LogP contribution in [0.1, 0.15) is 25.3 Å². The Morgan fingerprint density at radius 3 is 1.43 bits per heavy atom. The average Bonchev–Trinajstić information content (AvgIpc) is 4.04. The molecule has 1 aliphatic rings. The van der Waals surface area contributed by atoms with Gasteiger partial charge in [0.05, 0.1) is 0 Å². The largest absolute Gasteiger partial charge is 0.264 e. The summed E-state index contributed by atoms with van der Waals surface area (Å²) < 4.78 is 0. The number of hydrogen-bond acceptors (Lipinski definition) is 4. The molecule has 0 bridgehead atoms. The van der Waals surface area contributed by atoms with Crippen molar-refractivity contribution in [1.82, 2.24) is 19.9 Å². The molecular weight excluding hydrogens is 681 g/mol. The molecule has 56 heavy (non-hydrogen) atoms. The Balaban J connectivity index is 0.964. The van der Waals surface area contributed by atoms with E-state index in [0.29, 0.717) is 17.5 Å². The Bertz CT molecular complexity index is 2780. The normalized spacial score (nSPS) is 14.9. The summed E-state index contributed by atoms with van der Waals surface area (Å²) in [6.07, 6.45) is 7.80. The summed E-state index contributed by atoms with van der Waals surface area (Å²) in [6.45, 7) is 2.30. The van der Waals surface area contributed by atoms with E-state index in [4.69, 9.17) is 15.0 Å². The Morgan fingerprint density at radius 2 is 0.875 bits per heavy atom. The lowest BCUT2D eigenvalue weighted by molar-refractivity contribution is 0.676. The molecule has 0 aliphatic heterocycles. The van der Waals surface area contributed by atoms with Crippen LogP contribution in [0.2, 0.25) is 0 Å². The summed E-state index contributed by atoms with van der Waals surface area (Å²) in [7, 11) is 0. The van der Waals surface area contributed by atoms with Crippen molar-refractivity contribution in [2.45, 2.75) is 26.2 Å². The Kier molecular flexibility index (Phi) is 8.72. The lowest BCUT2D eigenvalue weighted by atomic mass is 9.95. The summed E-state index contributed by atoms with van der Waals surface area (Å²) in [5.74, 6) is 3.65. The number of pyridine rings is 1. The molecule has 1 aliphatic carbocycles. The van der Waals surface area contributed by atoms with Crippen molar-refractivity contribution >= 4 is 21.5 Å². The van der Waals surface area contributed by atoms with E-state index in [-0.39, 0.29) is 0 Å². The van der Waals surface area contributed by atoms with Gasteiger partial charge in [-0.1, -0.05) is 147 Å². The molecule has 0 saturated heterocycles. The third-order valence-corrected chi connectivity index (χ3v) is 11.4. The van der Waals surface area contributed by atoms with Gasteiger partial charge in [0.1, 0.15) is 0 Å². The van der Waals surface area contributed by atoms with Crippen LogP contribution < -0.4 is 0 Å². The molecular formula is C52H40N4. The van der Waals surface area contributed by atoms with Gasteiger partial charge in [-0.25, -0.2) is 15.0 Å². The topological polar surface area (TPSA) is 51.6 Å². The van der Waals surface area contributed by atoms with Gasteiger partial charge in [0.25, 0.3) is 0 Å². The molecule has 2 unspecified atom stereocenters. The third-order valence-electron chi connectivity index (χ3n) is 11.4. The highest BCUT2D eigenvalue weighted by molar-refractivity contribution is 5.88. The minimum Gasteiger partial charge on any atom is -0.264 e. The molecule has 0 amide bonds. The summed E-state index contributed by atoms with van der Waals surface area (Å²) in [4.78, 5) is 19.8. The van der Waals surface area contributed by atoms with Gasteiger partial charge in [-0.15, -0.1) is 0 Å². The predicted molar refractivity (Wildman–Crippen MR) is 231 cm³/mol. The van der Waals surface area contributed by atoms with Gasteiger partial charge in [-0.3, -0.25) is 4.98 Å². The minimum absolute atomic E-state index is 0.643. The maximum absolute atomic E-state index is 5.06. The first-order chi connectivity index (χ1) is 27.6. The Hall–Kier alpha value is -6.78. The Labute approximate surface area is 327 Å². The SMILES string of the molecule is CCC1CC1Cc1cncc(-c2cccc(-c3cccc(-c4ccc(-c5nc(-c6ccc7ccccc7c6)nc(-c6ccc7ccccc7c6)n5)cc4)c3)c2)c1. The zero-order valence-electron chi connectivity index (χ0n) is 31.3. The van der Waals surface area contributed by atoms with Crippen LogP contribution >= 0.6 is 0 Å². The van der Waals surface area contributed by atoms with Gasteiger partial charge in [-0.05, 0) is 110 Å². The maximum Gasteiger partial charge on any atom is 0.164 e. The first kappa shape index (κ1) is 33.8. The van der Waals surface area contributed by atoms with Crippen LogP contribution in [0.3, 0.4) is 0 Å². The minimum atomic E-state index is 0.643. The molecule has 1 saturated carbocycles. The zero-order chi connectivity index (χ0) is 37.4. The number of nitrogens with zero attached hydrogens (tertiary/aromatic N) is 4. The molecule has 2 heterocycles. The zero-order valence-corrected chi connectivity index (χ0v) is 31.3. The highest BCUT2D eigenvalue weighted by atomic mass is 15.0. The number of hydrogen-bond donors (Lipinski definition) is 0. The van der Waals surface area contributed by atoms with Gasteiger partial charge >= 0.3 is 0 Å². The van der Waals surface area contributed by atoms with E-state index >= 15 is 0 Å². The molecule has 4 nitrogen and oxygen atoms in total. The van der Waals surface area contributed by atoms with E-state index in [1.807, 2.05) is 12.4 Å². The second-order valence-electron chi connectivity index (χ2n) is 15.1. The maximum atomic E-state index is 5.06. The first-order valence-electron chi connectivity index (χ1n) is 19.6. The molecule has 2 aromatic heterocycles. The first-order valence-corrected chi connectivity index (χ1v) is 19.6. The van der Waals surface area contributed by atoms with Crippen LogP contribution in [0.25, 0.3) is 89.1 Å². The van der Waals surface area contributed by atoms with Crippen LogP contribution in [-0.4, -0.2) is 19.9 Å². The van der Waals surface area contributed by atoms with Gasteiger partial charge < -0.3 is 0 Å². The van der Waals surface area contributed by atoms with Crippen molar-refractivity contribution in [1.29, 1.82) is 0 Å². The van der Waals surface area contributed by atoms with E-state index < -0.39 is 0 Å². The summed E-state index contributed by atoms with van der Waals surface area (Å²) >= 11 is 0. The fourth-order valence-electron chi connectivity index (χ4n) is 8.11. The van der Waals surface area contributed by atoms with Crippen molar-refractivity contribution < 1.29 is 0 Å². The molecule has 7 aromatic carbocycles. The second-order valence-corrected chi connectivity index (χ2v) is 15.1. The van der Waals surface area contributed by atoms with E-state index in [2.05, 4.69) is 176 Å². The van der Waals surface area contributed by atoms with Gasteiger partial charge in [-0.2, -0.15) is 0 Å². The standard InChI is InChI=1S/C52H40N4/c1-2-35-27-48(35)25-34-26-49(33-53-32-34)45-16-8-15-44(29-45)43-14-7-13-42(28-43)38-17-21-39(22-18-38)50-54-51(46-23-19-36-9-3-5-11-40(36)30-46)56-52(55-50)47-24-20-37-10-4-6-12-41(37)31-47/h3-24,26,28-33,35,48H,2,25,27H2,1H3. The number of aromatic nitrogens is 4. The van der Waals surface area contributed by atoms with Crippen LogP contribution in [0.4, 0.5) is 0 Å². The van der Waals surface area contributed by atoms with Gasteiger partial charge in [0.15, 0.2) is 17.5 Å². The predicted octanol–water partition coefficient (Wildman–Crippen LogP) is 13.2. The summed E-state index contributed by atoms with van der Waals surface area (Å²) in [5.41, 5.74) is 11.2. The summed E-state index contributed by atoms with van der Waals surface area (Å²) in [5, 5.41) is 4.67. The van der Waals surface area contributed by atoms with Crippen LogP contribution in [0, 0.1) is 11.8 Å². The van der Waals surface area contributed by atoms with Gasteiger partial charge in [0.2, 0.25) is 0 Å². The molecule has 1 fully saturated rings. The fourth-order valence-corrected chi connectivity index (χ4v) is 8.11. The van der Waals surface area contributed by atoms with Crippen molar-refractivity contribution in [2.24, 2.45) is 11.8 Å². The monoisotopic (exact) mass is 720 g/mol. The molecule has 9 aromatic rings. The second kappa shape index (κ2) is 14.5. The van der Waals surface area contributed by atoms with Crippen molar-refractivity contribution in [3.05, 3.63) is 182 Å². The molecule has 4 heteroatoms. The highest BCUT2D eigenvalue weighted by Crippen LogP contribution is 2.43.